The second kappa shape index (κ2) is 3.93. The molecule has 1 N–H and O–H groups in total. The average Bonchev–Trinajstić information content (AvgIpc) is 2.78. The van der Waals surface area contributed by atoms with Crippen molar-refractivity contribution in [3.8, 4) is 0 Å². The van der Waals surface area contributed by atoms with E-state index in [1.165, 1.54) is 0 Å². The van der Waals surface area contributed by atoms with Crippen LogP contribution in [0.2, 0.25) is 0 Å². The monoisotopic (exact) mass is 256 g/mol. The minimum Gasteiger partial charge on any atom is -0.460 e. The van der Waals surface area contributed by atoms with E-state index in [2.05, 4.69) is 0 Å². The molecule has 2 unspecified atom stereocenters. The summed E-state index contributed by atoms with van der Waals surface area (Å²) in [4.78, 5) is 23.3. The normalized spacial score (nSPS) is 48.2. The van der Waals surface area contributed by atoms with Gasteiger partial charge in [0.15, 0.2) is 6.10 Å². The highest BCUT2D eigenvalue weighted by molar-refractivity contribution is 5.79. The zero-order valence-corrected chi connectivity index (χ0v) is 10.2. The first-order valence-electron chi connectivity index (χ1n) is 6.22. The van der Waals surface area contributed by atoms with E-state index < -0.39 is 24.2 Å². The Bertz CT molecular complexity index is 392. The summed E-state index contributed by atoms with van der Waals surface area (Å²) in [5, 5.41) is 9.61. The fourth-order valence-corrected chi connectivity index (χ4v) is 3.28. The van der Waals surface area contributed by atoms with Crippen molar-refractivity contribution in [3.63, 3.8) is 0 Å². The average molecular weight is 256 g/mol. The number of esters is 2. The molecule has 6 heteroatoms. The number of cyclic esters (lactones) is 2. The molecule has 0 aromatic carbocycles. The maximum absolute atomic E-state index is 11.9. The Kier molecular flexibility index (Phi) is 2.60. The van der Waals surface area contributed by atoms with E-state index in [1.807, 2.05) is 0 Å². The van der Waals surface area contributed by atoms with Gasteiger partial charge in [0.2, 0.25) is 0 Å². The van der Waals surface area contributed by atoms with Crippen LogP contribution < -0.4 is 0 Å². The molecule has 3 fully saturated rings. The number of fused-ring (bicyclic) bond motifs is 3. The number of aliphatic hydroxyl groups excluding tert-OH is 1. The number of ether oxygens (including phenoxy) is 3. The molecule has 0 amide bonds. The van der Waals surface area contributed by atoms with Crippen LogP contribution in [0.5, 0.6) is 0 Å². The van der Waals surface area contributed by atoms with Crippen molar-refractivity contribution >= 4 is 11.9 Å². The maximum atomic E-state index is 11.9. The van der Waals surface area contributed by atoms with Crippen molar-refractivity contribution < 1.29 is 28.9 Å². The van der Waals surface area contributed by atoms with Gasteiger partial charge < -0.3 is 19.3 Å². The summed E-state index contributed by atoms with van der Waals surface area (Å²) >= 11 is 0. The van der Waals surface area contributed by atoms with Gasteiger partial charge in [-0.3, -0.25) is 9.59 Å². The Balaban J connectivity index is 1.88. The lowest BCUT2D eigenvalue weighted by molar-refractivity contribution is -0.175. The highest BCUT2D eigenvalue weighted by Crippen LogP contribution is 2.46. The first kappa shape index (κ1) is 11.9. The molecule has 3 heterocycles. The first-order valence-corrected chi connectivity index (χ1v) is 6.22. The van der Waals surface area contributed by atoms with Crippen molar-refractivity contribution in [2.75, 3.05) is 0 Å². The molecule has 3 rings (SSSR count). The van der Waals surface area contributed by atoms with Gasteiger partial charge in [0, 0.05) is 5.92 Å². The number of carbonyl (C=O) groups is 2. The molecule has 0 aliphatic carbocycles. The molecule has 7 atom stereocenters. The zero-order chi connectivity index (χ0) is 13.0. The maximum Gasteiger partial charge on any atom is 0.312 e. The van der Waals surface area contributed by atoms with Gasteiger partial charge in [-0.05, 0) is 13.8 Å². The van der Waals surface area contributed by atoms with Gasteiger partial charge in [-0.25, -0.2) is 0 Å². The Labute approximate surface area is 104 Å². The third-order valence-corrected chi connectivity index (χ3v) is 4.06. The van der Waals surface area contributed by atoms with Crippen LogP contribution in [0.4, 0.5) is 0 Å². The smallest absolute Gasteiger partial charge is 0.312 e. The zero-order valence-electron chi connectivity index (χ0n) is 10.2. The van der Waals surface area contributed by atoms with Gasteiger partial charge in [0.25, 0.3) is 0 Å². The highest BCUT2D eigenvalue weighted by Gasteiger charge is 2.61. The van der Waals surface area contributed by atoms with E-state index in [0.717, 1.165) is 0 Å². The summed E-state index contributed by atoms with van der Waals surface area (Å²) in [6, 6.07) is 0. The third kappa shape index (κ3) is 1.55. The first-order chi connectivity index (χ1) is 8.49. The van der Waals surface area contributed by atoms with Crippen LogP contribution in [0.15, 0.2) is 0 Å². The second-order valence-electron chi connectivity index (χ2n) is 5.30. The van der Waals surface area contributed by atoms with E-state index >= 15 is 0 Å². The number of rotatable bonds is 1. The van der Waals surface area contributed by atoms with E-state index in [4.69, 9.17) is 14.2 Å². The second-order valence-corrected chi connectivity index (χ2v) is 5.30. The SMILES string of the molecule is CC(O)C1OC(=O)[C@H]2[C@H]3CC(=O)O[C@@H](C)[C@H]3O[C@@H]12. The van der Waals surface area contributed by atoms with Crippen molar-refractivity contribution in [1.82, 2.24) is 0 Å². The van der Waals surface area contributed by atoms with Crippen molar-refractivity contribution in [3.05, 3.63) is 0 Å². The minimum atomic E-state index is -0.781. The summed E-state index contributed by atoms with van der Waals surface area (Å²) in [5.41, 5.74) is 0. The Morgan fingerprint density at radius 2 is 2.00 bits per heavy atom. The Morgan fingerprint density at radius 3 is 2.67 bits per heavy atom. The lowest BCUT2D eigenvalue weighted by Gasteiger charge is -2.31. The van der Waals surface area contributed by atoms with Gasteiger partial charge in [-0.15, -0.1) is 0 Å². The number of carbonyl (C=O) groups excluding carboxylic acids is 2. The molecule has 0 bridgehead atoms. The molecule has 6 nitrogen and oxygen atoms in total. The van der Waals surface area contributed by atoms with Gasteiger partial charge in [-0.2, -0.15) is 0 Å². The Hall–Kier alpha value is -1.14. The van der Waals surface area contributed by atoms with Gasteiger partial charge >= 0.3 is 11.9 Å². The predicted octanol–water partition coefficient (Wildman–Crippen LogP) is -0.372. The van der Waals surface area contributed by atoms with Gasteiger partial charge in [-0.1, -0.05) is 0 Å². The lowest BCUT2D eigenvalue weighted by Crippen LogP contribution is -2.42. The van der Waals surface area contributed by atoms with Crippen molar-refractivity contribution in [2.45, 2.75) is 50.8 Å². The van der Waals surface area contributed by atoms with E-state index in [-0.39, 0.29) is 36.5 Å². The Morgan fingerprint density at radius 1 is 1.28 bits per heavy atom. The number of hydrogen-bond donors (Lipinski definition) is 1. The summed E-state index contributed by atoms with van der Waals surface area (Å²) in [5.74, 6) is -1.33. The molecule has 0 aromatic heterocycles. The van der Waals surface area contributed by atoms with Crippen LogP contribution in [-0.4, -0.2) is 47.6 Å². The van der Waals surface area contributed by atoms with Crippen LogP contribution in [-0.2, 0) is 23.8 Å². The van der Waals surface area contributed by atoms with Crippen LogP contribution in [0.1, 0.15) is 20.3 Å². The minimum absolute atomic E-state index is 0.178. The predicted molar refractivity (Wildman–Crippen MR) is 57.4 cm³/mol. The summed E-state index contributed by atoms with van der Waals surface area (Å²) in [6.45, 7) is 3.33. The molecule has 18 heavy (non-hydrogen) atoms. The third-order valence-electron chi connectivity index (χ3n) is 4.06. The van der Waals surface area contributed by atoms with E-state index in [0.29, 0.717) is 0 Å². The molecular formula is C12H16O6. The number of hydrogen-bond acceptors (Lipinski definition) is 6. The van der Waals surface area contributed by atoms with Crippen LogP contribution in [0, 0.1) is 11.8 Å². The number of aliphatic hydroxyl groups is 1. The van der Waals surface area contributed by atoms with Crippen molar-refractivity contribution in [1.29, 1.82) is 0 Å². The molecular weight excluding hydrogens is 240 g/mol. The standard InChI is InChI=1S/C12H16O6/c1-4(13)9-11-8(12(15)18-9)6-3-7(14)16-5(2)10(6)17-11/h4-6,8-11,13H,3H2,1-2H3/t4?,5-,6+,8-,9?,10+,11+/m0/s1. The molecule has 3 aliphatic heterocycles. The lowest BCUT2D eigenvalue weighted by atomic mass is 9.81. The fourth-order valence-electron chi connectivity index (χ4n) is 3.28. The summed E-state index contributed by atoms with van der Waals surface area (Å²) in [7, 11) is 0. The highest BCUT2D eigenvalue weighted by atomic mass is 16.6. The van der Waals surface area contributed by atoms with E-state index in [1.54, 1.807) is 13.8 Å². The van der Waals surface area contributed by atoms with Crippen molar-refractivity contribution in [2.24, 2.45) is 11.8 Å². The largest absolute Gasteiger partial charge is 0.460 e. The van der Waals surface area contributed by atoms with Crippen LogP contribution >= 0.6 is 0 Å². The topological polar surface area (TPSA) is 82.1 Å². The molecule has 0 radical (unpaired) electrons. The molecule has 0 spiro atoms. The summed E-state index contributed by atoms with van der Waals surface area (Å²) < 4.78 is 16.1. The van der Waals surface area contributed by atoms with Crippen LogP contribution in [0.3, 0.4) is 0 Å². The van der Waals surface area contributed by atoms with E-state index in [9.17, 15) is 14.7 Å². The fraction of sp³-hybridized carbons (Fsp3) is 0.833. The summed E-state index contributed by atoms with van der Waals surface area (Å²) in [6.07, 6.45) is -2.34. The van der Waals surface area contributed by atoms with Crippen LogP contribution in [0.25, 0.3) is 0 Å². The molecule has 0 saturated carbocycles. The molecule has 3 saturated heterocycles. The quantitative estimate of drug-likeness (QED) is 0.644. The molecule has 3 aliphatic rings. The molecule has 0 aromatic rings. The van der Waals surface area contributed by atoms with Gasteiger partial charge in [0.05, 0.1) is 24.5 Å². The molecule has 100 valence electrons. The van der Waals surface area contributed by atoms with Gasteiger partial charge in [0.1, 0.15) is 12.2 Å².